The van der Waals surface area contributed by atoms with Gasteiger partial charge >= 0.3 is 4.87 Å². The van der Waals surface area contributed by atoms with Crippen LogP contribution in [0.1, 0.15) is 18.5 Å². The average Bonchev–Trinajstić information content (AvgIpc) is 3.19. The minimum absolute atomic E-state index is 0.00889. The van der Waals surface area contributed by atoms with Gasteiger partial charge in [0, 0.05) is 49.4 Å². The number of nitrogens with one attached hydrogen (secondary N) is 1. The van der Waals surface area contributed by atoms with Gasteiger partial charge in [0.1, 0.15) is 0 Å². The number of amides is 1. The van der Waals surface area contributed by atoms with E-state index in [0.717, 1.165) is 25.2 Å². The van der Waals surface area contributed by atoms with Crippen LogP contribution in [-0.2, 0) is 11.3 Å². The van der Waals surface area contributed by atoms with Crippen LogP contribution < -0.4 is 15.1 Å². The van der Waals surface area contributed by atoms with Crippen LogP contribution in [0.4, 0.5) is 5.69 Å². The first-order valence-electron chi connectivity index (χ1n) is 8.35. The molecule has 6 heteroatoms. The summed E-state index contributed by atoms with van der Waals surface area (Å²) in [6.45, 7) is 5.08. The Balaban J connectivity index is 1.42. The molecular formula is C18H23N3O2S. The van der Waals surface area contributed by atoms with Crippen LogP contribution in [0.3, 0.4) is 0 Å². The molecule has 2 aromatic rings. The van der Waals surface area contributed by atoms with Crippen molar-refractivity contribution in [2.45, 2.75) is 26.3 Å². The molecule has 1 aliphatic rings. The molecule has 5 nitrogen and oxygen atoms in total. The summed E-state index contributed by atoms with van der Waals surface area (Å²) >= 11 is 1.18. The van der Waals surface area contributed by atoms with Crippen molar-refractivity contribution in [3.05, 3.63) is 51.1 Å². The summed E-state index contributed by atoms with van der Waals surface area (Å²) < 4.78 is 1.66. The lowest BCUT2D eigenvalue weighted by Crippen LogP contribution is -2.32. The SMILES string of the molecule is Cc1csc(=O)n1CCC(=O)NCC1CCN(c2ccccc2)C1. The van der Waals surface area contributed by atoms with Crippen molar-refractivity contribution in [2.75, 3.05) is 24.5 Å². The third kappa shape index (κ3) is 4.06. The smallest absolute Gasteiger partial charge is 0.307 e. The molecule has 1 fully saturated rings. The van der Waals surface area contributed by atoms with Gasteiger partial charge in [-0.2, -0.15) is 0 Å². The zero-order chi connectivity index (χ0) is 16.9. The van der Waals surface area contributed by atoms with Crippen molar-refractivity contribution in [1.29, 1.82) is 0 Å². The van der Waals surface area contributed by atoms with Crippen LogP contribution in [0.5, 0.6) is 0 Å². The van der Waals surface area contributed by atoms with Crippen molar-refractivity contribution in [1.82, 2.24) is 9.88 Å². The van der Waals surface area contributed by atoms with Gasteiger partial charge in [-0.25, -0.2) is 0 Å². The summed E-state index contributed by atoms with van der Waals surface area (Å²) in [6, 6.07) is 10.4. The number of carbonyl (C=O) groups excluding carboxylic acids is 1. The van der Waals surface area contributed by atoms with Gasteiger partial charge in [0.05, 0.1) is 0 Å². The van der Waals surface area contributed by atoms with E-state index in [4.69, 9.17) is 0 Å². The van der Waals surface area contributed by atoms with E-state index < -0.39 is 0 Å². The van der Waals surface area contributed by atoms with Crippen molar-refractivity contribution in [3.63, 3.8) is 0 Å². The largest absolute Gasteiger partial charge is 0.371 e. The molecule has 0 saturated carbocycles. The summed E-state index contributed by atoms with van der Waals surface area (Å²) in [7, 11) is 0. The second kappa shape index (κ2) is 7.66. The van der Waals surface area contributed by atoms with Gasteiger partial charge in [-0.05, 0) is 31.4 Å². The Hall–Kier alpha value is -2.08. The molecule has 3 rings (SSSR count). The van der Waals surface area contributed by atoms with Crippen LogP contribution >= 0.6 is 11.3 Å². The second-order valence-corrected chi connectivity index (χ2v) is 7.11. The first-order valence-corrected chi connectivity index (χ1v) is 9.23. The maximum absolute atomic E-state index is 12.0. The fourth-order valence-corrected chi connectivity index (χ4v) is 3.87. The van der Waals surface area contributed by atoms with Gasteiger partial charge in [-0.15, -0.1) is 0 Å². The molecule has 24 heavy (non-hydrogen) atoms. The van der Waals surface area contributed by atoms with Gasteiger partial charge < -0.3 is 14.8 Å². The first kappa shape index (κ1) is 16.8. The summed E-state index contributed by atoms with van der Waals surface area (Å²) in [5.41, 5.74) is 2.17. The van der Waals surface area contributed by atoms with E-state index in [-0.39, 0.29) is 10.8 Å². The van der Waals surface area contributed by atoms with Crippen LogP contribution in [0.25, 0.3) is 0 Å². The highest BCUT2D eigenvalue weighted by atomic mass is 32.1. The maximum Gasteiger partial charge on any atom is 0.307 e. The monoisotopic (exact) mass is 345 g/mol. The van der Waals surface area contributed by atoms with Gasteiger partial charge in [0.15, 0.2) is 0 Å². The molecule has 0 aliphatic carbocycles. The number of anilines is 1. The fourth-order valence-electron chi connectivity index (χ4n) is 3.11. The number of aromatic nitrogens is 1. The number of hydrogen-bond acceptors (Lipinski definition) is 4. The minimum atomic E-state index is 0.00889. The highest BCUT2D eigenvalue weighted by Gasteiger charge is 2.22. The molecule has 0 radical (unpaired) electrons. The Morgan fingerprint density at radius 1 is 1.33 bits per heavy atom. The highest BCUT2D eigenvalue weighted by molar-refractivity contribution is 7.07. The molecule has 1 unspecified atom stereocenters. The number of para-hydroxylation sites is 1. The number of hydrogen-bond donors (Lipinski definition) is 1. The lowest BCUT2D eigenvalue weighted by Gasteiger charge is -2.18. The third-order valence-electron chi connectivity index (χ3n) is 4.53. The van der Waals surface area contributed by atoms with Crippen molar-refractivity contribution >= 4 is 22.9 Å². The van der Waals surface area contributed by atoms with Gasteiger partial charge in [0.2, 0.25) is 5.91 Å². The summed E-state index contributed by atoms with van der Waals surface area (Å²) in [5.74, 6) is 0.505. The van der Waals surface area contributed by atoms with E-state index >= 15 is 0 Å². The molecule has 1 atom stereocenters. The summed E-state index contributed by atoms with van der Waals surface area (Å²) in [5, 5.41) is 4.85. The van der Waals surface area contributed by atoms with Crippen LogP contribution in [0.2, 0.25) is 0 Å². The molecule has 1 saturated heterocycles. The zero-order valence-electron chi connectivity index (χ0n) is 13.9. The van der Waals surface area contributed by atoms with Crippen LogP contribution in [0.15, 0.2) is 40.5 Å². The normalized spacial score (nSPS) is 17.2. The number of rotatable bonds is 6. The third-order valence-corrected chi connectivity index (χ3v) is 5.41. The predicted octanol–water partition coefficient (Wildman–Crippen LogP) is 2.25. The number of nitrogens with zero attached hydrogens (tertiary/aromatic N) is 2. The Kier molecular flexibility index (Phi) is 5.35. The molecule has 128 valence electrons. The topological polar surface area (TPSA) is 54.3 Å². The molecule has 1 amide bonds. The van der Waals surface area contributed by atoms with Gasteiger partial charge in [-0.1, -0.05) is 29.5 Å². The standard InChI is InChI=1S/C18H23N3O2S/c1-14-13-24-18(23)21(14)10-8-17(22)19-11-15-7-9-20(12-15)16-5-3-2-4-6-16/h2-6,13,15H,7-12H2,1H3,(H,19,22). The molecule has 1 aromatic carbocycles. The van der Waals surface area contributed by atoms with E-state index in [2.05, 4.69) is 34.5 Å². The van der Waals surface area contributed by atoms with E-state index in [1.807, 2.05) is 18.4 Å². The molecule has 1 aliphatic heterocycles. The molecule has 2 heterocycles. The molecule has 1 N–H and O–H groups in total. The van der Waals surface area contributed by atoms with E-state index in [0.29, 0.717) is 25.4 Å². The van der Waals surface area contributed by atoms with E-state index in [9.17, 15) is 9.59 Å². The average molecular weight is 345 g/mol. The number of thiazole rings is 1. The quantitative estimate of drug-likeness (QED) is 0.874. The van der Waals surface area contributed by atoms with Crippen LogP contribution in [0, 0.1) is 12.8 Å². The molecule has 0 spiro atoms. The molecule has 0 bridgehead atoms. The molecule has 1 aromatic heterocycles. The lowest BCUT2D eigenvalue weighted by molar-refractivity contribution is -0.121. The first-order chi connectivity index (χ1) is 11.6. The van der Waals surface area contributed by atoms with Crippen LogP contribution in [-0.4, -0.2) is 30.1 Å². The summed E-state index contributed by atoms with van der Waals surface area (Å²) in [6.07, 6.45) is 1.45. The number of benzene rings is 1. The second-order valence-electron chi connectivity index (χ2n) is 6.28. The van der Waals surface area contributed by atoms with E-state index in [1.165, 1.54) is 17.0 Å². The minimum Gasteiger partial charge on any atom is -0.371 e. The van der Waals surface area contributed by atoms with E-state index in [1.54, 1.807) is 4.57 Å². The zero-order valence-corrected chi connectivity index (χ0v) is 14.7. The Bertz CT molecular complexity index is 738. The molecular weight excluding hydrogens is 322 g/mol. The van der Waals surface area contributed by atoms with Crippen molar-refractivity contribution in [2.24, 2.45) is 5.92 Å². The Labute approximate surface area is 145 Å². The Morgan fingerprint density at radius 3 is 2.83 bits per heavy atom. The maximum atomic E-state index is 12.0. The Morgan fingerprint density at radius 2 is 2.12 bits per heavy atom. The number of aryl methyl sites for hydroxylation is 1. The summed E-state index contributed by atoms with van der Waals surface area (Å²) in [4.78, 5) is 26.0. The predicted molar refractivity (Wildman–Crippen MR) is 97.7 cm³/mol. The lowest BCUT2D eigenvalue weighted by atomic mass is 10.1. The fraction of sp³-hybridized carbons (Fsp3) is 0.444. The van der Waals surface area contributed by atoms with Gasteiger partial charge in [-0.3, -0.25) is 9.59 Å². The highest BCUT2D eigenvalue weighted by Crippen LogP contribution is 2.22. The van der Waals surface area contributed by atoms with Gasteiger partial charge in [0.25, 0.3) is 0 Å². The van der Waals surface area contributed by atoms with Crippen molar-refractivity contribution < 1.29 is 4.79 Å². The number of carbonyl (C=O) groups is 1. The van der Waals surface area contributed by atoms with Crippen molar-refractivity contribution in [3.8, 4) is 0 Å².